The Morgan fingerprint density at radius 2 is 1.86 bits per heavy atom. The first-order valence-corrected chi connectivity index (χ1v) is 10.5. The van der Waals surface area contributed by atoms with Crippen LogP contribution in [0.15, 0.2) is 53.1 Å². The van der Waals surface area contributed by atoms with Gasteiger partial charge in [-0.1, -0.05) is 31.4 Å². The zero-order chi connectivity index (χ0) is 20.0. The van der Waals surface area contributed by atoms with Crippen LogP contribution in [0, 0.1) is 13.5 Å². The zero-order valence-electron chi connectivity index (χ0n) is 17.0. The molecule has 0 saturated heterocycles. The zero-order valence-corrected chi connectivity index (χ0v) is 17.0. The van der Waals surface area contributed by atoms with Crippen LogP contribution in [0.5, 0.6) is 0 Å². The minimum atomic E-state index is 0.492. The molecule has 0 amide bonds. The van der Waals surface area contributed by atoms with Gasteiger partial charge < -0.3 is 4.42 Å². The monoisotopic (exact) mass is 381 g/mol. The average Bonchev–Trinajstić information content (AvgIpc) is 3.11. The largest absolute Gasteiger partial charge is 0.467 e. The standard InChI is InChI=1S/C26H25N2O/c1-17-15-22-20-13-12-19(18-9-5-4-6-10-18)25(27-2)26(20)29-24(22)16-21(17)23-11-7-8-14-28(23)3/h7-8,11-16,18H,4-6,9-10H2,1,3H3/q+1. The Balaban J connectivity index is 1.73. The van der Waals surface area contributed by atoms with Crippen LogP contribution in [0.2, 0.25) is 0 Å². The van der Waals surface area contributed by atoms with Crippen LogP contribution < -0.4 is 4.57 Å². The third kappa shape index (κ3) is 2.91. The summed E-state index contributed by atoms with van der Waals surface area (Å²) in [5.74, 6) is 0.492. The van der Waals surface area contributed by atoms with Crippen LogP contribution >= 0.6 is 0 Å². The van der Waals surface area contributed by atoms with Crippen molar-refractivity contribution in [3.63, 3.8) is 0 Å². The predicted molar refractivity (Wildman–Crippen MR) is 117 cm³/mol. The van der Waals surface area contributed by atoms with Crippen LogP contribution in [-0.2, 0) is 7.05 Å². The molecule has 0 radical (unpaired) electrons. The number of hydrogen-bond donors (Lipinski definition) is 0. The molecule has 2 heterocycles. The van der Waals surface area contributed by atoms with E-state index in [0.717, 1.165) is 38.9 Å². The van der Waals surface area contributed by atoms with Crippen LogP contribution in [-0.4, -0.2) is 0 Å². The van der Waals surface area contributed by atoms with Gasteiger partial charge in [0.1, 0.15) is 18.2 Å². The summed E-state index contributed by atoms with van der Waals surface area (Å²) >= 11 is 0. The van der Waals surface area contributed by atoms with Crippen molar-refractivity contribution in [1.82, 2.24) is 0 Å². The summed E-state index contributed by atoms with van der Waals surface area (Å²) in [6.07, 6.45) is 8.26. The van der Waals surface area contributed by atoms with Crippen LogP contribution in [0.3, 0.4) is 0 Å². The van der Waals surface area contributed by atoms with Gasteiger partial charge in [-0.15, -0.1) is 0 Å². The van der Waals surface area contributed by atoms with Gasteiger partial charge in [-0.05, 0) is 55.0 Å². The highest BCUT2D eigenvalue weighted by Gasteiger charge is 2.23. The number of aromatic nitrogens is 1. The maximum atomic E-state index is 7.87. The first-order chi connectivity index (χ1) is 14.2. The van der Waals surface area contributed by atoms with Crippen molar-refractivity contribution < 1.29 is 8.98 Å². The second-order valence-electron chi connectivity index (χ2n) is 8.29. The number of benzene rings is 2. The fraction of sp³-hybridized carbons (Fsp3) is 0.308. The number of aryl methyl sites for hydroxylation is 2. The Morgan fingerprint density at radius 3 is 2.62 bits per heavy atom. The second kappa shape index (κ2) is 7.04. The Bertz CT molecular complexity index is 1270. The molecule has 3 heteroatoms. The van der Waals surface area contributed by atoms with Crippen LogP contribution in [0.25, 0.3) is 38.0 Å². The van der Waals surface area contributed by atoms with Crippen molar-refractivity contribution in [2.45, 2.75) is 44.9 Å². The van der Waals surface area contributed by atoms with Crippen LogP contribution in [0.4, 0.5) is 5.69 Å². The molecule has 0 N–H and O–H groups in total. The fourth-order valence-electron chi connectivity index (χ4n) is 4.93. The van der Waals surface area contributed by atoms with Crippen molar-refractivity contribution in [3.8, 4) is 11.3 Å². The van der Waals surface area contributed by atoms with E-state index in [2.05, 4.69) is 66.0 Å². The summed E-state index contributed by atoms with van der Waals surface area (Å²) in [4.78, 5) is 3.94. The Hall–Kier alpha value is -3.12. The third-order valence-corrected chi connectivity index (χ3v) is 6.48. The van der Waals surface area contributed by atoms with Crippen molar-refractivity contribution in [2.75, 3.05) is 0 Å². The maximum absolute atomic E-state index is 7.87. The molecule has 0 bridgehead atoms. The van der Waals surface area contributed by atoms with E-state index in [1.165, 1.54) is 43.2 Å². The summed E-state index contributed by atoms with van der Waals surface area (Å²) in [5, 5.41) is 2.15. The number of furan rings is 1. The summed E-state index contributed by atoms with van der Waals surface area (Å²) < 4.78 is 8.47. The van der Waals surface area contributed by atoms with Crippen molar-refractivity contribution >= 4 is 27.6 Å². The molecule has 0 spiro atoms. The van der Waals surface area contributed by atoms with Gasteiger partial charge in [-0.25, -0.2) is 9.41 Å². The Labute approximate surface area is 171 Å². The lowest BCUT2D eigenvalue weighted by atomic mass is 9.83. The molecule has 1 fully saturated rings. The van der Waals surface area contributed by atoms with Gasteiger partial charge in [0, 0.05) is 22.9 Å². The minimum Gasteiger partial charge on any atom is -0.467 e. The minimum absolute atomic E-state index is 0.492. The molecule has 0 atom stereocenters. The number of hydrogen-bond acceptors (Lipinski definition) is 1. The molecular formula is C26H25N2O+. The summed E-state index contributed by atoms with van der Waals surface area (Å²) in [7, 11) is 2.06. The SMILES string of the molecule is [C-]#[N+]c1c(C2CCCCC2)ccc2c1oc1cc(-c3cccc[n+]3C)c(C)cc12. The molecule has 0 aliphatic heterocycles. The van der Waals surface area contributed by atoms with E-state index in [9.17, 15) is 0 Å². The number of pyridine rings is 1. The molecule has 1 saturated carbocycles. The maximum Gasteiger partial charge on any atom is 0.232 e. The van der Waals surface area contributed by atoms with Gasteiger partial charge in [0.15, 0.2) is 6.20 Å². The predicted octanol–water partition coefficient (Wildman–Crippen LogP) is 6.98. The van der Waals surface area contributed by atoms with E-state index in [1.54, 1.807) is 0 Å². The van der Waals surface area contributed by atoms with Gasteiger partial charge in [0.05, 0.1) is 12.1 Å². The topological polar surface area (TPSA) is 21.4 Å². The van der Waals surface area contributed by atoms with Crippen LogP contribution in [0.1, 0.15) is 49.1 Å². The van der Waals surface area contributed by atoms with Gasteiger partial charge in [-0.2, -0.15) is 0 Å². The van der Waals surface area contributed by atoms with Gasteiger partial charge in [0.25, 0.3) is 0 Å². The fourth-order valence-corrected chi connectivity index (χ4v) is 4.93. The highest BCUT2D eigenvalue weighted by molar-refractivity contribution is 6.10. The first kappa shape index (κ1) is 17.9. The molecule has 1 aliphatic rings. The summed E-state index contributed by atoms with van der Waals surface area (Å²) in [5.41, 5.74) is 7.04. The molecule has 0 unspecified atom stereocenters. The molecule has 144 valence electrons. The van der Waals surface area contributed by atoms with Crippen molar-refractivity contribution in [1.29, 1.82) is 0 Å². The van der Waals surface area contributed by atoms with Gasteiger partial charge in [-0.3, -0.25) is 0 Å². The lowest BCUT2D eigenvalue weighted by molar-refractivity contribution is -0.660. The molecule has 1 aliphatic carbocycles. The third-order valence-electron chi connectivity index (χ3n) is 6.48. The molecule has 29 heavy (non-hydrogen) atoms. The molecule has 2 aromatic heterocycles. The average molecular weight is 381 g/mol. The Morgan fingerprint density at radius 1 is 1.03 bits per heavy atom. The molecule has 5 rings (SSSR count). The van der Waals surface area contributed by atoms with E-state index in [1.807, 2.05) is 6.07 Å². The lowest BCUT2D eigenvalue weighted by Crippen LogP contribution is -2.30. The van der Waals surface area contributed by atoms with E-state index < -0.39 is 0 Å². The highest BCUT2D eigenvalue weighted by atomic mass is 16.3. The quantitative estimate of drug-likeness (QED) is 0.271. The number of rotatable bonds is 2. The lowest BCUT2D eigenvalue weighted by Gasteiger charge is -2.23. The first-order valence-electron chi connectivity index (χ1n) is 10.5. The Kier molecular flexibility index (Phi) is 4.36. The van der Waals surface area contributed by atoms with Crippen molar-refractivity contribution in [3.05, 3.63) is 71.2 Å². The van der Waals surface area contributed by atoms with E-state index in [4.69, 9.17) is 11.0 Å². The normalized spacial score (nSPS) is 15.1. The van der Waals surface area contributed by atoms with E-state index >= 15 is 0 Å². The summed E-state index contributed by atoms with van der Waals surface area (Å²) in [6.45, 7) is 10.0. The van der Waals surface area contributed by atoms with E-state index in [0.29, 0.717) is 5.92 Å². The second-order valence-corrected chi connectivity index (χ2v) is 8.29. The molecule has 3 nitrogen and oxygen atoms in total. The van der Waals surface area contributed by atoms with E-state index in [-0.39, 0.29) is 0 Å². The number of fused-ring (bicyclic) bond motifs is 3. The smallest absolute Gasteiger partial charge is 0.232 e. The van der Waals surface area contributed by atoms with Gasteiger partial charge >= 0.3 is 0 Å². The molecule has 2 aromatic carbocycles. The van der Waals surface area contributed by atoms with Crippen molar-refractivity contribution in [2.24, 2.45) is 7.05 Å². The molecular weight excluding hydrogens is 356 g/mol. The number of nitrogens with zero attached hydrogens (tertiary/aromatic N) is 2. The molecule has 4 aromatic rings. The summed E-state index contributed by atoms with van der Waals surface area (Å²) in [6, 6.07) is 14.9. The highest BCUT2D eigenvalue weighted by Crippen LogP contribution is 2.44. The van der Waals surface area contributed by atoms with Gasteiger partial charge in [0.2, 0.25) is 11.4 Å².